The number of hydrogen-bond donors (Lipinski definition) is 2. The number of carbonyl (C=O) groups is 1. The van der Waals surface area contributed by atoms with Crippen molar-refractivity contribution in [2.75, 3.05) is 11.9 Å². The zero-order valence-corrected chi connectivity index (χ0v) is 19.2. The maximum Gasteiger partial charge on any atom is 0.250 e. The Morgan fingerprint density at radius 2 is 1.88 bits per heavy atom. The van der Waals surface area contributed by atoms with Crippen LogP contribution in [0.1, 0.15) is 12.5 Å². The van der Waals surface area contributed by atoms with Crippen LogP contribution in [0.2, 0.25) is 5.02 Å². The molecular formula is C25H20ClN3O3S. The molecule has 166 valence electrons. The average Bonchev–Trinajstić information content (AvgIpc) is 3.23. The minimum Gasteiger partial charge on any atom is -0.494 e. The normalized spacial score (nSPS) is 11.0. The van der Waals surface area contributed by atoms with Crippen LogP contribution in [0.3, 0.4) is 0 Å². The van der Waals surface area contributed by atoms with Gasteiger partial charge in [-0.2, -0.15) is 0 Å². The lowest BCUT2D eigenvalue weighted by Crippen LogP contribution is -2.32. The van der Waals surface area contributed by atoms with Gasteiger partial charge in [0.15, 0.2) is 10.7 Å². The third kappa shape index (κ3) is 5.97. The van der Waals surface area contributed by atoms with Crippen molar-refractivity contribution in [1.29, 1.82) is 0 Å². The van der Waals surface area contributed by atoms with E-state index >= 15 is 0 Å². The molecule has 0 atom stereocenters. The third-order valence-corrected chi connectivity index (χ3v) is 5.05. The minimum atomic E-state index is -0.345. The van der Waals surface area contributed by atoms with Gasteiger partial charge in [-0.15, -0.1) is 0 Å². The first-order chi connectivity index (χ1) is 16.0. The second kappa shape index (κ2) is 10.3. The molecule has 3 aromatic carbocycles. The van der Waals surface area contributed by atoms with Gasteiger partial charge in [0, 0.05) is 22.3 Å². The first-order valence-electron chi connectivity index (χ1n) is 10.2. The van der Waals surface area contributed by atoms with Crippen molar-refractivity contribution >= 4 is 57.7 Å². The van der Waals surface area contributed by atoms with Crippen LogP contribution in [-0.2, 0) is 4.79 Å². The van der Waals surface area contributed by atoms with Gasteiger partial charge in [-0.1, -0.05) is 23.7 Å². The molecule has 0 aliphatic rings. The highest BCUT2D eigenvalue weighted by molar-refractivity contribution is 7.80. The number of rotatable bonds is 6. The Labute approximate surface area is 201 Å². The summed E-state index contributed by atoms with van der Waals surface area (Å²) in [5.41, 5.74) is 3.69. The zero-order valence-electron chi connectivity index (χ0n) is 17.7. The fourth-order valence-corrected chi connectivity index (χ4v) is 3.40. The summed E-state index contributed by atoms with van der Waals surface area (Å²) in [5.74, 6) is 0.957. The molecular weight excluding hydrogens is 458 g/mol. The molecule has 0 saturated heterocycles. The number of anilines is 1. The lowest BCUT2D eigenvalue weighted by Gasteiger charge is -2.07. The Kier molecular flexibility index (Phi) is 7.02. The molecule has 2 N–H and O–H groups in total. The predicted octanol–water partition coefficient (Wildman–Crippen LogP) is 6.07. The summed E-state index contributed by atoms with van der Waals surface area (Å²) in [6.07, 6.45) is 3.08. The number of fused-ring (bicyclic) bond motifs is 1. The van der Waals surface area contributed by atoms with Crippen LogP contribution in [0.25, 0.3) is 28.6 Å². The van der Waals surface area contributed by atoms with E-state index in [-0.39, 0.29) is 11.0 Å². The van der Waals surface area contributed by atoms with Crippen molar-refractivity contribution in [3.05, 3.63) is 83.4 Å². The smallest absolute Gasteiger partial charge is 0.250 e. The largest absolute Gasteiger partial charge is 0.494 e. The maximum atomic E-state index is 12.1. The topological polar surface area (TPSA) is 76.4 Å². The van der Waals surface area contributed by atoms with Gasteiger partial charge in [-0.25, -0.2) is 4.98 Å². The van der Waals surface area contributed by atoms with Crippen LogP contribution in [0.5, 0.6) is 5.75 Å². The van der Waals surface area contributed by atoms with Crippen LogP contribution in [0, 0.1) is 0 Å². The summed E-state index contributed by atoms with van der Waals surface area (Å²) in [4.78, 5) is 16.7. The first-order valence-corrected chi connectivity index (χ1v) is 11.0. The molecule has 0 unspecified atom stereocenters. The van der Waals surface area contributed by atoms with Gasteiger partial charge in [0.05, 0.1) is 6.61 Å². The molecule has 4 aromatic rings. The van der Waals surface area contributed by atoms with Crippen LogP contribution in [0.15, 0.2) is 77.2 Å². The maximum absolute atomic E-state index is 12.1. The number of nitrogens with zero attached hydrogens (tertiary/aromatic N) is 1. The van der Waals surface area contributed by atoms with E-state index in [1.54, 1.807) is 36.4 Å². The van der Waals surface area contributed by atoms with E-state index in [4.69, 9.17) is 33.0 Å². The van der Waals surface area contributed by atoms with Crippen molar-refractivity contribution in [2.24, 2.45) is 0 Å². The third-order valence-electron chi connectivity index (χ3n) is 4.59. The number of oxazole rings is 1. The molecule has 1 heterocycles. The van der Waals surface area contributed by atoms with E-state index < -0.39 is 0 Å². The standard InChI is InChI=1S/C25H20ClN3O3S/c1-2-31-20-11-6-17(7-12-20)24-28-21-15-19(10-13-22(21)32-24)27-25(33)29-23(30)14-5-16-3-8-18(26)9-4-16/h3-15H,2H2,1H3,(H2,27,29,30,33). The Balaban J connectivity index is 1.39. The van der Waals surface area contributed by atoms with Crippen molar-refractivity contribution in [2.45, 2.75) is 6.92 Å². The second-order valence-corrected chi connectivity index (χ2v) is 7.83. The number of amides is 1. The van der Waals surface area contributed by atoms with E-state index in [0.29, 0.717) is 34.3 Å². The van der Waals surface area contributed by atoms with Gasteiger partial charge < -0.3 is 14.5 Å². The highest BCUT2D eigenvalue weighted by atomic mass is 35.5. The fraction of sp³-hybridized carbons (Fsp3) is 0.0800. The number of halogens is 1. The first kappa shape index (κ1) is 22.5. The van der Waals surface area contributed by atoms with Crippen LogP contribution in [-0.4, -0.2) is 22.6 Å². The monoisotopic (exact) mass is 477 g/mol. The molecule has 6 nitrogen and oxygen atoms in total. The summed E-state index contributed by atoms with van der Waals surface area (Å²) in [6, 6.07) is 20.1. The number of benzene rings is 3. The van der Waals surface area contributed by atoms with Crippen molar-refractivity contribution in [3.8, 4) is 17.2 Å². The lowest BCUT2D eigenvalue weighted by atomic mass is 10.2. The van der Waals surface area contributed by atoms with E-state index in [1.807, 2.05) is 43.3 Å². The van der Waals surface area contributed by atoms with Gasteiger partial charge in [0.25, 0.3) is 0 Å². The van der Waals surface area contributed by atoms with E-state index in [9.17, 15) is 4.79 Å². The Morgan fingerprint density at radius 1 is 1.12 bits per heavy atom. The molecule has 0 saturated carbocycles. The van der Waals surface area contributed by atoms with E-state index in [2.05, 4.69) is 15.6 Å². The lowest BCUT2D eigenvalue weighted by molar-refractivity contribution is -0.115. The molecule has 8 heteroatoms. The van der Waals surface area contributed by atoms with Gasteiger partial charge in [0.2, 0.25) is 11.8 Å². The van der Waals surface area contributed by atoms with Crippen molar-refractivity contribution in [1.82, 2.24) is 10.3 Å². The Hall–Kier alpha value is -3.68. The highest BCUT2D eigenvalue weighted by Crippen LogP contribution is 2.27. The fourth-order valence-electron chi connectivity index (χ4n) is 3.05. The minimum absolute atomic E-state index is 0.176. The molecule has 0 radical (unpaired) electrons. The number of hydrogen-bond acceptors (Lipinski definition) is 5. The summed E-state index contributed by atoms with van der Waals surface area (Å²) in [6.45, 7) is 2.55. The molecule has 33 heavy (non-hydrogen) atoms. The van der Waals surface area contributed by atoms with Crippen LogP contribution < -0.4 is 15.4 Å². The Morgan fingerprint density at radius 3 is 2.61 bits per heavy atom. The summed E-state index contributed by atoms with van der Waals surface area (Å²) in [7, 11) is 0. The number of aromatic nitrogens is 1. The molecule has 0 bridgehead atoms. The van der Waals surface area contributed by atoms with Gasteiger partial charge in [-0.3, -0.25) is 10.1 Å². The summed E-state index contributed by atoms with van der Waals surface area (Å²) < 4.78 is 11.3. The molecule has 0 aliphatic carbocycles. The van der Waals surface area contributed by atoms with Gasteiger partial charge in [-0.05, 0) is 85.4 Å². The molecule has 4 rings (SSSR count). The second-order valence-electron chi connectivity index (χ2n) is 6.99. The SMILES string of the molecule is CCOc1ccc(-c2nc3cc(NC(=S)NC(=O)C=Cc4ccc(Cl)cc4)ccc3o2)cc1. The van der Waals surface area contributed by atoms with E-state index in [1.165, 1.54) is 6.08 Å². The summed E-state index contributed by atoms with van der Waals surface area (Å²) >= 11 is 11.1. The average molecular weight is 478 g/mol. The number of thiocarbonyl (C=S) groups is 1. The van der Waals surface area contributed by atoms with Gasteiger partial charge in [0.1, 0.15) is 11.3 Å². The van der Waals surface area contributed by atoms with Gasteiger partial charge >= 0.3 is 0 Å². The summed E-state index contributed by atoms with van der Waals surface area (Å²) in [5, 5.41) is 6.42. The van der Waals surface area contributed by atoms with Crippen LogP contribution in [0.4, 0.5) is 5.69 Å². The molecule has 0 fully saturated rings. The van der Waals surface area contributed by atoms with Crippen molar-refractivity contribution < 1.29 is 13.9 Å². The van der Waals surface area contributed by atoms with Crippen LogP contribution >= 0.6 is 23.8 Å². The number of carbonyl (C=O) groups excluding carboxylic acids is 1. The highest BCUT2D eigenvalue weighted by Gasteiger charge is 2.10. The number of ether oxygens (including phenoxy) is 1. The quantitative estimate of drug-likeness (QED) is 0.259. The zero-order chi connectivity index (χ0) is 23.2. The number of nitrogens with one attached hydrogen (secondary N) is 2. The molecule has 0 aliphatic heterocycles. The van der Waals surface area contributed by atoms with E-state index in [0.717, 1.165) is 16.9 Å². The molecule has 0 spiro atoms. The van der Waals surface area contributed by atoms with Crippen molar-refractivity contribution in [3.63, 3.8) is 0 Å². The molecule has 1 aromatic heterocycles. The Bertz CT molecular complexity index is 1320. The predicted molar refractivity (Wildman–Crippen MR) is 135 cm³/mol. The molecule has 1 amide bonds.